The molecule has 0 aromatic carbocycles. The molecule has 0 saturated heterocycles. The van der Waals surface area contributed by atoms with Gasteiger partial charge in [0.2, 0.25) is 0 Å². The standard InChI is InChI=1S/C5H8BrO.C4H7.Y/c1-5(2)3-7-4-6;1-4(2)3;/h1H,3-4H2,2H3;1-2H2,3H3;/q2*-1;+3. The van der Waals surface area contributed by atoms with Crippen LogP contribution in [-0.4, -0.2) is 12.1 Å². The second kappa shape index (κ2) is 14.4. The van der Waals surface area contributed by atoms with Gasteiger partial charge in [-0.05, 0) is 0 Å². The third-order valence-electron chi connectivity index (χ3n) is 0.407. The third-order valence-corrected chi connectivity index (χ3v) is 0.731. The van der Waals surface area contributed by atoms with E-state index >= 15 is 0 Å². The Morgan fingerprint density at radius 3 is 2.00 bits per heavy atom. The van der Waals surface area contributed by atoms with Crippen molar-refractivity contribution < 1.29 is 37.4 Å². The van der Waals surface area contributed by atoms with E-state index in [-0.39, 0.29) is 32.7 Å². The Morgan fingerprint density at radius 2 is 1.92 bits per heavy atom. The molecule has 0 aliphatic rings. The Morgan fingerprint density at radius 1 is 1.58 bits per heavy atom. The maximum absolute atomic E-state index is 5.25. The molecule has 0 fully saturated rings. The molecule has 0 aliphatic carbocycles. The van der Waals surface area contributed by atoms with Crippen LogP contribution in [0, 0.1) is 13.5 Å². The van der Waals surface area contributed by atoms with Gasteiger partial charge in [-0.15, -0.1) is 0 Å². The minimum atomic E-state index is 0. The Bertz CT molecular complexity index is 120. The van der Waals surface area contributed by atoms with Crippen LogP contribution in [-0.2, 0) is 37.4 Å². The van der Waals surface area contributed by atoms with E-state index in [1.165, 1.54) is 0 Å². The van der Waals surface area contributed by atoms with Crippen LogP contribution in [0.3, 0.4) is 0 Å². The average molecular weight is 308 g/mol. The first-order valence-electron chi connectivity index (χ1n) is 3.19. The molecule has 0 atom stereocenters. The zero-order chi connectivity index (χ0) is 9.28. The van der Waals surface area contributed by atoms with Crippen LogP contribution in [0.5, 0.6) is 0 Å². The Labute approximate surface area is 110 Å². The molecule has 0 N–H and O–H groups in total. The summed E-state index contributed by atoms with van der Waals surface area (Å²) in [4.78, 5) is 0. The van der Waals surface area contributed by atoms with E-state index in [1.54, 1.807) is 0 Å². The molecule has 0 saturated carbocycles. The molecular weight excluding hydrogens is 293 g/mol. The normalized spacial score (nSPS) is 7.25. The number of hydrogen-bond acceptors (Lipinski definition) is 1. The van der Waals surface area contributed by atoms with Crippen molar-refractivity contribution in [2.75, 3.05) is 12.1 Å². The van der Waals surface area contributed by atoms with Gasteiger partial charge in [-0.2, -0.15) is 0 Å². The van der Waals surface area contributed by atoms with Crippen molar-refractivity contribution in [3.05, 3.63) is 31.2 Å². The van der Waals surface area contributed by atoms with Crippen molar-refractivity contribution in [3.63, 3.8) is 0 Å². The van der Waals surface area contributed by atoms with Crippen molar-refractivity contribution >= 4 is 15.9 Å². The zero-order valence-electron chi connectivity index (χ0n) is 7.77. The summed E-state index contributed by atoms with van der Waals surface area (Å²) in [5.41, 5.74) is 2.28. The summed E-state index contributed by atoms with van der Waals surface area (Å²) >= 11 is 3.09. The number of allylic oxidation sites excluding steroid dienone is 1. The average Bonchev–Trinajstić information content (AvgIpc) is 1.82. The van der Waals surface area contributed by atoms with Gasteiger partial charge in [0, 0.05) is 6.61 Å². The van der Waals surface area contributed by atoms with Gasteiger partial charge in [-0.1, -0.05) is 29.8 Å². The second-order valence-electron chi connectivity index (χ2n) is 2.26. The molecule has 0 radical (unpaired) electrons. The number of hydrogen-bond donors (Lipinski definition) is 0. The Balaban J connectivity index is -0.000000142. The van der Waals surface area contributed by atoms with Crippen molar-refractivity contribution in [2.45, 2.75) is 13.8 Å². The molecule has 66 valence electrons. The molecule has 0 aromatic heterocycles. The number of rotatable bonds is 3. The molecule has 0 aliphatic heterocycles. The predicted molar refractivity (Wildman–Crippen MR) is 53.4 cm³/mol. The van der Waals surface area contributed by atoms with E-state index < -0.39 is 0 Å². The van der Waals surface area contributed by atoms with Crippen molar-refractivity contribution in [2.24, 2.45) is 0 Å². The summed E-state index contributed by atoms with van der Waals surface area (Å²) in [6.45, 7) is 16.4. The van der Waals surface area contributed by atoms with E-state index in [1.807, 2.05) is 13.8 Å². The molecule has 0 spiro atoms. The van der Waals surface area contributed by atoms with Gasteiger partial charge in [0.05, 0.1) is 0 Å². The van der Waals surface area contributed by atoms with Gasteiger partial charge >= 0.3 is 32.7 Å². The molecule has 0 heterocycles. The minimum Gasteiger partial charge on any atom is -0.513 e. The van der Waals surface area contributed by atoms with Gasteiger partial charge < -0.3 is 11.3 Å². The van der Waals surface area contributed by atoms with Crippen molar-refractivity contribution in [1.82, 2.24) is 0 Å². The van der Waals surface area contributed by atoms with Crippen LogP contribution in [0.1, 0.15) is 13.8 Å². The first-order chi connectivity index (χ1) is 5.00. The first-order valence-corrected chi connectivity index (χ1v) is 4.32. The fourth-order valence-corrected chi connectivity index (χ4v) is 0.361. The molecule has 0 rings (SSSR count). The topological polar surface area (TPSA) is 9.23 Å². The van der Waals surface area contributed by atoms with E-state index in [0.717, 1.165) is 11.1 Å². The largest absolute Gasteiger partial charge is 3.00 e. The smallest absolute Gasteiger partial charge is 0.513 e. The van der Waals surface area contributed by atoms with Gasteiger partial charge in [-0.3, -0.25) is 0 Å². The van der Waals surface area contributed by atoms with Gasteiger partial charge in [0.25, 0.3) is 0 Å². The van der Waals surface area contributed by atoms with E-state index in [4.69, 9.17) is 11.3 Å². The molecule has 1 nitrogen and oxygen atoms in total. The van der Waals surface area contributed by atoms with Gasteiger partial charge in [0.1, 0.15) is 5.52 Å². The summed E-state index contributed by atoms with van der Waals surface area (Å²) in [5.74, 6) is 0. The van der Waals surface area contributed by atoms with E-state index in [2.05, 4.69) is 29.4 Å². The molecule has 0 aromatic rings. The fraction of sp³-hybridized carbons (Fsp3) is 0.444. The SMILES string of the molecule is C=C([CH2-])C.[CH-]=C(C)COCBr.[Y+3]. The maximum atomic E-state index is 5.25. The van der Waals surface area contributed by atoms with Crippen LogP contribution >= 0.6 is 15.9 Å². The predicted octanol–water partition coefficient (Wildman–Crippen LogP) is 3.13. The van der Waals surface area contributed by atoms with Gasteiger partial charge in [-0.25, -0.2) is 24.6 Å². The maximum Gasteiger partial charge on any atom is 3.00 e. The van der Waals surface area contributed by atoms with Crippen LogP contribution in [0.15, 0.2) is 17.7 Å². The van der Waals surface area contributed by atoms with Crippen LogP contribution in [0.4, 0.5) is 0 Å². The quantitative estimate of drug-likeness (QED) is 0.575. The Hall–Kier alpha value is 0.894. The molecule has 3 heteroatoms. The summed E-state index contributed by atoms with van der Waals surface area (Å²) < 4.78 is 4.85. The van der Waals surface area contributed by atoms with Crippen LogP contribution in [0.25, 0.3) is 0 Å². The molecular formula is C9H15BrOY+. The molecule has 12 heavy (non-hydrogen) atoms. The van der Waals surface area contributed by atoms with E-state index in [0.29, 0.717) is 12.1 Å². The molecule has 0 amide bonds. The summed E-state index contributed by atoms with van der Waals surface area (Å²) in [6, 6.07) is 0. The minimum absolute atomic E-state index is 0. The number of ether oxygens (including phenoxy) is 1. The molecule has 0 bridgehead atoms. The number of alkyl halides is 1. The van der Waals surface area contributed by atoms with E-state index in [9.17, 15) is 0 Å². The van der Waals surface area contributed by atoms with Crippen LogP contribution < -0.4 is 0 Å². The first kappa shape index (κ1) is 18.6. The zero-order valence-corrected chi connectivity index (χ0v) is 12.2. The van der Waals surface area contributed by atoms with Crippen molar-refractivity contribution in [3.8, 4) is 0 Å². The second-order valence-corrected chi connectivity index (χ2v) is 2.72. The monoisotopic (exact) mass is 307 g/mol. The third kappa shape index (κ3) is 44.5. The van der Waals surface area contributed by atoms with Crippen molar-refractivity contribution in [1.29, 1.82) is 0 Å². The fourth-order valence-electron chi connectivity index (χ4n) is 0.200. The number of halogens is 1. The summed E-state index contributed by atoms with van der Waals surface area (Å²) in [6.07, 6.45) is 0. The summed E-state index contributed by atoms with van der Waals surface area (Å²) in [5, 5.41) is 0. The van der Waals surface area contributed by atoms with Gasteiger partial charge in [0.15, 0.2) is 0 Å². The van der Waals surface area contributed by atoms with Crippen LogP contribution in [0.2, 0.25) is 0 Å². The summed E-state index contributed by atoms with van der Waals surface area (Å²) in [7, 11) is 0. The Kier molecular flexibility index (Phi) is 22.4. The molecule has 0 unspecified atom stereocenters.